The normalized spacial score (nSPS) is 12.9. The third-order valence-electron chi connectivity index (χ3n) is 2.59. The second-order valence-electron chi connectivity index (χ2n) is 3.68. The minimum atomic E-state index is -1.04. The number of halogens is 1. The molecule has 0 aliphatic rings. The van der Waals surface area contributed by atoms with Gasteiger partial charge in [0.15, 0.2) is 0 Å². The van der Waals surface area contributed by atoms with Gasteiger partial charge in [0.05, 0.1) is 5.02 Å². The number of carbonyl (C=O) groups is 1. The van der Waals surface area contributed by atoms with E-state index in [1.165, 1.54) is 0 Å². The number of nitrogens with two attached hydrogens (primary N) is 1. The van der Waals surface area contributed by atoms with Crippen molar-refractivity contribution in [2.75, 3.05) is 0 Å². The highest BCUT2D eigenvalue weighted by atomic mass is 35.5. The van der Waals surface area contributed by atoms with Crippen LogP contribution in [0.4, 0.5) is 0 Å². The summed E-state index contributed by atoms with van der Waals surface area (Å²) < 4.78 is 1.84. The molecule has 0 aliphatic carbocycles. The van der Waals surface area contributed by atoms with Crippen LogP contribution in [0.25, 0.3) is 10.9 Å². The number of carboxylic acid groups (broad SMARTS) is 1. The predicted molar refractivity (Wildman–Crippen MR) is 62.5 cm³/mol. The van der Waals surface area contributed by atoms with Crippen molar-refractivity contribution in [1.82, 2.24) is 4.57 Å². The molecule has 16 heavy (non-hydrogen) atoms. The first-order valence-corrected chi connectivity index (χ1v) is 5.11. The highest BCUT2D eigenvalue weighted by Crippen LogP contribution is 2.27. The number of carboxylic acids is 1. The number of nitrogens with zero attached hydrogens (tertiary/aromatic N) is 1. The van der Waals surface area contributed by atoms with E-state index in [-0.39, 0.29) is 0 Å². The minimum absolute atomic E-state index is 0.567. The van der Waals surface area contributed by atoms with Crippen LogP contribution in [0.3, 0.4) is 0 Å². The van der Waals surface area contributed by atoms with Crippen LogP contribution in [0, 0.1) is 0 Å². The van der Waals surface area contributed by atoms with E-state index in [1.54, 1.807) is 24.4 Å². The van der Waals surface area contributed by atoms with Crippen molar-refractivity contribution >= 4 is 28.5 Å². The lowest BCUT2D eigenvalue weighted by molar-refractivity contribution is -0.138. The zero-order chi connectivity index (χ0) is 11.9. The fourth-order valence-electron chi connectivity index (χ4n) is 1.69. The summed E-state index contributed by atoms with van der Waals surface area (Å²) >= 11 is 6.00. The molecule has 0 spiro atoms. The maximum atomic E-state index is 10.8. The van der Waals surface area contributed by atoms with Crippen molar-refractivity contribution < 1.29 is 9.90 Å². The standard InChI is InChI=1S/C11H11ClN2O2/c1-14-5-8(12)7-3-2-6(4-9(7)14)10(13)11(15)16/h2-5,10H,13H2,1H3,(H,15,16). The van der Waals surface area contributed by atoms with E-state index < -0.39 is 12.0 Å². The summed E-state index contributed by atoms with van der Waals surface area (Å²) in [7, 11) is 1.85. The Bertz CT molecular complexity index is 562. The number of rotatable bonds is 2. The first-order valence-electron chi connectivity index (χ1n) is 4.73. The number of aryl methyl sites for hydroxylation is 1. The van der Waals surface area contributed by atoms with Crippen LogP contribution in [0.1, 0.15) is 11.6 Å². The molecule has 2 rings (SSSR count). The summed E-state index contributed by atoms with van der Waals surface area (Å²) in [5, 5.41) is 10.4. The Labute approximate surface area is 97.2 Å². The Morgan fingerprint density at radius 3 is 2.88 bits per heavy atom. The quantitative estimate of drug-likeness (QED) is 0.840. The SMILES string of the molecule is Cn1cc(Cl)c2ccc(C(N)C(=O)O)cc21. The fourth-order valence-corrected chi connectivity index (χ4v) is 1.99. The molecule has 1 aromatic heterocycles. The summed E-state index contributed by atoms with van der Waals surface area (Å²) in [5.74, 6) is -1.04. The van der Waals surface area contributed by atoms with Crippen molar-refractivity contribution in [3.63, 3.8) is 0 Å². The zero-order valence-corrected chi connectivity index (χ0v) is 9.40. The Morgan fingerprint density at radius 2 is 2.25 bits per heavy atom. The van der Waals surface area contributed by atoms with Crippen molar-refractivity contribution in [1.29, 1.82) is 0 Å². The third-order valence-corrected chi connectivity index (χ3v) is 2.89. The van der Waals surface area contributed by atoms with Gasteiger partial charge in [0.2, 0.25) is 0 Å². The molecule has 3 N–H and O–H groups in total. The van der Waals surface area contributed by atoms with Gasteiger partial charge in [-0.3, -0.25) is 4.79 Å². The Hall–Kier alpha value is -1.52. The number of hydrogen-bond donors (Lipinski definition) is 2. The third kappa shape index (κ3) is 1.66. The van der Waals surface area contributed by atoms with E-state index in [4.69, 9.17) is 22.4 Å². The predicted octanol–water partition coefficient (Wildman–Crippen LogP) is 1.92. The summed E-state index contributed by atoms with van der Waals surface area (Å²) in [6, 6.07) is 4.22. The molecule has 5 heteroatoms. The molecule has 0 amide bonds. The van der Waals surface area contributed by atoms with Gasteiger partial charge in [-0.25, -0.2) is 0 Å². The van der Waals surface area contributed by atoms with E-state index in [0.29, 0.717) is 10.6 Å². The number of benzene rings is 1. The summed E-state index contributed by atoms with van der Waals surface area (Å²) in [5.41, 5.74) is 6.99. The van der Waals surface area contributed by atoms with Crippen molar-refractivity contribution in [3.8, 4) is 0 Å². The smallest absolute Gasteiger partial charge is 0.325 e. The molecule has 1 unspecified atom stereocenters. The molecule has 0 bridgehead atoms. The van der Waals surface area contributed by atoms with Gasteiger partial charge in [-0.05, 0) is 11.6 Å². The largest absolute Gasteiger partial charge is 0.480 e. The van der Waals surface area contributed by atoms with Crippen LogP contribution in [-0.2, 0) is 11.8 Å². The number of fused-ring (bicyclic) bond motifs is 1. The number of aliphatic carboxylic acids is 1. The molecule has 0 fully saturated rings. The summed E-state index contributed by atoms with van der Waals surface area (Å²) in [4.78, 5) is 10.8. The number of aromatic nitrogens is 1. The van der Waals surface area contributed by atoms with Crippen LogP contribution < -0.4 is 5.73 Å². The van der Waals surface area contributed by atoms with Gasteiger partial charge in [-0.2, -0.15) is 0 Å². The van der Waals surface area contributed by atoms with Crippen LogP contribution in [0.15, 0.2) is 24.4 Å². The topological polar surface area (TPSA) is 68.2 Å². The molecule has 84 valence electrons. The summed E-state index contributed by atoms with van der Waals surface area (Å²) in [6.45, 7) is 0. The average molecular weight is 239 g/mol. The van der Waals surface area contributed by atoms with Gasteiger partial charge in [0.1, 0.15) is 6.04 Å². The van der Waals surface area contributed by atoms with E-state index >= 15 is 0 Å². The second kappa shape index (κ2) is 3.81. The molecule has 1 heterocycles. The molecular weight excluding hydrogens is 228 g/mol. The maximum Gasteiger partial charge on any atom is 0.325 e. The van der Waals surface area contributed by atoms with E-state index in [0.717, 1.165) is 10.9 Å². The molecule has 0 aliphatic heterocycles. The average Bonchev–Trinajstić information content (AvgIpc) is 2.53. The van der Waals surface area contributed by atoms with E-state index in [2.05, 4.69) is 0 Å². The van der Waals surface area contributed by atoms with Gasteiger partial charge in [-0.15, -0.1) is 0 Å². The van der Waals surface area contributed by atoms with Crippen molar-refractivity contribution in [2.24, 2.45) is 12.8 Å². The van der Waals surface area contributed by atoms with Crippen LogP contribution in [-0.4, -0.2) is 15.6 Å². The summed E-state index contributed by atoms with van der Waals surface area (Å²) in [6.07, 6.45) is 1.78. The highest BCUT2D eigenvalue weighted by molar-refractivity contribution is 6.35. The lowest BCUT2D eigenvalue weighted by atomic mass is 10.1. The van der Waals surface area contributed by atoms with Gasteiger partial charge in [0, 0.05) is 24.1 Å². The zero-order valence-electron chi connectivity index (χ0n) is 8.64. The van der Waals surface area contributed by atoms with Gasteiger partial charge in [-0.1, -0.05) is 23.7 Å². The van der Waals surface area contributed by atoms with Gasteiger partial charge >= 0.3 is 5.97 Å². The maximum absolute atomic E-state index is 10.8. The highest BCUT2D eigenvalue weighted by Gasteiger charge is 2.15. The molecule has 0 radical (unpaired) electrons. The Morgan fingerprint density at radius 1 is 1.56 bits per heavy atom. The van der Waals surface area contributed by atoms with Gasteiger partial charge < -0.3 is 15.4 Å². The lowest BCUT2D eigenvalue weighted by Gasteiger charge is -2.07. The second-order valence-corrected chi connectivity index (χ2v) is 4.09. The molecule has 0 saturated carbocycles. The van der Waals surface area contributed by atoms with Gasteiger partial charge in [0.25, 0.3) is 0 Å². The van der Waals surface area contributed by atoms with E-state index in [9.17, 15) is 4.79 Å². The first-order chi connectivity index (χ1) is 7.50. The fraction of sp³-hybridized carbons (Fsp3) is 0.182. The number of hydrogen-bond acceptors (Lipinski definition) is 2. The van der Waals surface area contributed by atoms with E-state index in [1.807, 2.05) is 11.6 Å². The van der Waals surface area contributed by atoms with Crippen LogP contribution >= 0.6 is 11.6 Å². The molecular formula is C11H11ClN2O2. The molecule has 0 saturated heterocycles. The monoisotopic (exact) mass is 238 g/mol. The Kier molecular flexibility index (Phi) is 2.61. The Balaban J connectivity index is 2.60. The van der Waals surface area contributed by atoms with Crippen LogP contribution in [0.2, 0.25) is 5.02 Å². The minimum Gasteiger partial charge on any atom is -0.480 e. The molecule has 2 aromatic rings. The van der Waals surface area contributed by atoms with Crippen molar-refractivity contribution in [3.05, 3.63) is 35.0 Å². The molecule has 1 aromatic carbocycles. The first kappa shape index (κ1) is 11.0. The van der Waals surface area contributed by atoms with Crippen molar-refractivity contribution in [2.45, 2.75) is 6.04 Å². The lowest BCUT2D eigenvalue weighted by Crippen LogP contribution is -2.20. The molecule has 1 atom stereocenters. The molecule has 4 nitrogen and oxygen atoms in total. The van der Waals surface area contributed by atoms with Crippen LogP contribution in [0.5, 0.6) is 0 Å².